The average Bonchev–Trinajstić information content (AvgIpc) is 2.47. The third kappa shape index (κ3) is 3.27. The Labute approximate surface area is 119 Å². The van der Waals surface area contributed by atoms with E-state index in [9.17, 15) is 8.42 Å². The molecule has 1 aliphatic carbocycles. The summed E-state index contributed by atoms with van der Waals surface area (Å²) in [4.78, 5) is 4.02. The predicted molar refractivity (Wildman–Crippen MR) is 75.6 cm³/mol. The molecule has 1 heterocycles. The van der Waals surface area contributed by atoms with Crippen LogP contribution in [0.5, 0.6) is 0 Å². The molecule has 0 aliphatic heterocycles. The van der Waals surface area contributed by atoms with E-state index in [0.29, 0.717) is 5.88 Å². The highest BCUT2D eigenvalue weighted by Gasteiger charge is 2.29. The molecule has 106 valence electrons. The molecule has 0 unspecified atom stereocenters. The van der Waals surface area contributed by atoms with E-state index in [1.54, 1.807) is 13.1 Å². The van der Waals surface area contributed by atoms with Crippen LogP contribution in [0.2, 0.25) is 0 Å². The van der Waals surface area contributed by atoms with Crippen molar-refractivity contribution in [2.45, 2.75) is 49.1 Å². The number of nitrogens with zero attached hydrogens (tertiary/aromatic N) is 2. The van der Waals surface area contributed by atoms with Crippen LogP contribution in [0.4, 0.5) is 0 Å². The van der Waals surface area contributed by atoms with Crippen molar-refractivity contribution in [2.75, 3.05) is 7.05 Å². The number of aromatic nitrogens is 1. The van der Waals surface area contributed by atoms with Gasteiger partial charge in [-0.05, 0) is 24.5 Å². The fourth-order valence-corrected chi connectivity index (χ4v) is 3.91. The fraction of sp³-hybridized carbons (Fsp3) is 0.615. The van der Waals surface area contributed by atoms with Crippen molar-refractivity contribution in [2.24, 2.45) is 0 Å². The quantitative estimate of drug-likeness (QED) is 0.804. The van der Waals surface area contributed by atoms with Crippen molar-refractivity contribution in [3.05, 3.63) is 23.9 Å². The van der Waals surface area contributed by atoms with Crippen molar-refractivity contribution < 1.29 is 8.42 Å². The summed E-state index contributed by atoms with van der Waals surface area (Å²) in [6.07, 6.45) is 6.80. The molecule has 0 atom stereocenters. The van der Waals surface area contributed by atoms with Gasteiger partial charge in [0, 0.05) is 25.2 Å². The Morgan fingerprint density at radius 1 is 1.32 bits per heavy atom. The average molecular weight is 303 g/mol. The number of rotatable bonds is 4. The zero-order valence-corrected chi connectivity index (χ0v) is 12.6. The maximum Gasteiger partial charge on any atom is 0.260 e. The minimum atomic E-state index is -3.48. The Kier molecular flexibility index (Phi) is 4.81. The molecular weight excluding hydrogens is 284 g/mol. The van der Waals surface area contributed by atoms with E-state index in [1.165, 1.54) is 23.0 Å². The summed E-state index contributed by atoms with van der Waals surface area (Å²) in [6, 6.07) is 3.35. The van der Waals surface area contributed by atoms with Crippen LogP contribution in [0.1, 0.15) is 37.7 Å². The van der Waals surface area contributed by atoms with E-state index in [1.807, 2.05) is 0 Å². The molecule has 0 bridgehead atoms. The van der Waals surface area contributed by atoms with Gasteiger partial charge in [-0.15, -0.1) is 11.6 Å². The van der Waals surface area contributed by atoms with E-state index in [4.69, 9.17) is 11.6 Å². The van der Waals surface area contributed by atoms with Gasteiger partial charge in [-0.25, -0.2) is 13.4 Å². The van der Waals surface area contributed by atoms with E-state index >= 15 is 0 Å². The second-order valence-electron chi connectivity index (χ2n) is 4.95. The molecule has 0 aromatic carbocycles. The van der Waals surface area contributed by atoms with E-state index < -0.39 is 10.0 Å². The van der Waals surface area contributed by atoms with Crippen molar-refractivity contribution in [3.63, 3.8) is 0 Å². The Morgan fingerprint density at radius 2 is 2.00 bits per heavy atom. The minimum Gasteiger partial charge on any atom is -0.243 e. The molecule has 1 aromatic heterocycles. The zero-order chi connectivity index (χ0) is 13.9. The van der Waals surface area contributed by atoms with Crippen LogP contribution >= 0.6 is 11.6 Å². The van der Waals surface area contributed by atoms with Gasteiger partial charge in [0.25, 0.3) is 10.0 Å². The molecule has 19 heavy (non-hydrogen) atoms. The Balaban J connectivity index is 2.19. The largest absolute Gasteiger partial charge is 0.260 e. The molecule has 0 N–H and O–H groups in total. The van der Waals surface area contributed by atoms with Gasteiger partial charge in [-0.2, -0.15) is 4.31 Å². The van der Waals surface area contributed by atoms with Crippen molar-refractivity contribution in [1.82, 2.24) is 9.29 Å². The highest BCUT2D eigenvalue weighted by atomic mass is 35.5. The number of hydrogen-bond donors (Lipinski definition) is 0. The number of hydrogen-bond acceptors (Lipinski definition) is 3. The van der Waals surface area contributed by atoms with Crippen molar-refractivity contribution in [1.29, 1.82) is 0 Å². The van der Waals surface area contributed by atoms with Gasteiger partial charge in [0.05, 0.1) is 0 Å². The van der Waals surface area contributed by atoms with Crippen LogP contribution in [0.15, 0.2) is 23.4 Å². The standard InChI is InChI=1S/C13H19ClN2O2S/c1-16(12-5-3-2-4-6-12)19(17,18)13-8-7-11(9-14)10-15-13/h7-8,10,12H,2-6,9H2,1H3. The summed E-state index contributed by atoms with van der Waals surface area (Å²) in [7, 11) is -1.83. The summed E-state index contributed by atoms with van der Waals surface area (Å²) in [6.45, 7) is 0. The smallest absolute Gasteiger partial charge is 0.243 e. The van der Waals surface area contributed by atoms with Gasteiger partial charge in [-0.1, -0.05) is 25.3 Å². The summed E-state index contributed by atoms with van der Waals surface area (Å²) in [5.74, 6) is 0.339. The third-order valence-corrected chi connectivity index (χ3v) is 5.82. The lowest BCUT2D eigenvalue weighted by Gasteiger charge is -2.30. The highest BCUT2D eigenvalue weighted by Crippen LogP contribution is 2.25. The van der Waals surface area contributed by atoms with Gasteiger partial charge in [0.2, 0.25) is 0 Å². The molecular formula is C13H19ClN2O2S. The lowest BCUT2D eigenvalue weighted by Crippen LogP contribution is -2.38. The highest BCUT2D eigenvalue weighted by molar-refractivity contribution is 7.89. The topological polar surface area (TPSA) is 50.3 Å². The van der Waals surface area contributed by atoms with E-state index in [-0.39, 0.29) is 11.1 Å². The lowest BCUT2D eigenvalue weighted by atomic mass is 9.96. The van der Waals surface area contributed by atoms with E-state index in [2.05, 4.69) is 4.98 Å². The first-order chi connectivity index (χ1) is 9.05. The molecule has 4 nitrogen and oxygen atoms in total. The molecule has 6 heteroatoms. The van der Waals surface area contributed by atoms with Crippen LogP contribution in [0.3, 0.4) is 0 Å². The molecule has 2 rings (SSSR count). The zero-order valence-electron chi connectivity index (χ0n) is 11.0. The van der Waals surface area contributed by atoms with Gasteiger partial charge in [-0.3, -0.25) is 0 Å². The van der Waals surface area contributed by atoms with Gasteiger partial charge >= 0.3 is 0 Å². The maximum absolute atomic E-state index is 12.5. The van der Waals surface area contributed by atoms with Crippen molar-refractivity contribution >= 4 is 21.6 Å². The molecule has 0 amide bonds. The van der Waals surface area contributed by atoms with Crippen LogP contribution < -0.4 is 0 Å². The molecule has 1 fully saturated rings. The Morgan fingerprint density at radius 3 is 2.53 bits per heavy atom. The number of halogens is 1. The second-order valence-corrected chi connectivity index (χ2v) is 7.16. The monoisotopic (exact) mass is 302 g/mol. The number of sulfonamides is 1. The van der Waals surface area contributed by atoms with Crippen molar-refractivity contribution in [3.8, 4) is 0 Å². The van der Waals surface area contributed by atoms with Gasteiger partial charge in [0.15, 0.2) is 5.03 Å². The summed E-state index contributed by atoms with van der Waals surface area (Å²) < 4.78 is 26.4. The predicted octanol–water partition coefficient (Wildman–Crippen LogP) is 2.77. The molecule has 0 saturated heterocycles. The summed E-state index contributed by atoms with van der Waals surface area (Å²) >= 11 is 5.68. The van der Waals surface area contributed by atoms with Crippen LogP contribution in [0.25, 0.3) is 0 Å². The first-order valence-corrected chi connectivity index (χ1v) is 8.52. The second kappa shape index (κ2) is 6.20. The van der Waals surface area contributed by atoms with Gasteiger partial charge < -0.3 is 0 Å². The third-order valence-electron chi connectivity index (χ3n) is 3.68. The summed E-state index contributed by atoms with van der Waals surface area (Å²) in [5, 5.41) is 0.106. The normalized spacial score (nSPS) is 17.8. The maximum atomic E-state index is 12.5. The number of pyridine rings is 1. The first kappa shape index (κ1) is 14.8. The Bertz CT molecular complexity index is 510. The lowest BCUT2D eigenvalue weighted by molar-refractivity contribution is 0.285. The van der Waals surface area contributed by atoms with Gasteiger partial charge in [0.1, 0.15) is 0 Å². The van der Waals surface area contributed by atoms with Crippen LogP contribution in [-0.4, -0.2) is 30.8 Å². The Hall–Kier alpha value is -0.650. The van der Waals surface area contributed by atoms with Crippen LogP contribution in [-0.2, 0) is 15.9 Å². The first-order valence-electron chi connectivity index (χ1n) is 6.54. The minimum absolute atomic E-state index is 0.105. The molecule has 0 radical (unpaired) electrons. The molecule has 1 aliphatic rings. The van der Waals surface area contributed by atoms with E-state index in [0.717, 1.165) is 31.2 Å². The molecule has 0 spiro atoms. The molecule has 1 aromatic rings. The molecule has 1 saturated carbocycles. The SMILES string of the molecule is CN(C1CCCCC1)S(=O)(=O)c1ccc(CCl)cn1. The number of alkyl halides is 1. The van der Waals surface area contributed by atoms with Crippen LogP contribution in [0, 0.1) is 0 Å². The summed E-state index contributed by atoms with van der Waals surface area (Å²) in [5.41, 5.74) is 0.820. The fourth-order valence-electron chi connectivity index (χ4n) is 2.43.